The zero-order chi connectivity index (χ0) is 16.7. The monoisotopic (exact) mass is 313 g/mol. The molecular formula is C15H11N3O5. The van der Waals surface area contributed by atoms with Crippen molar-refractivity contribution in [3.8, 4) is 0 Å². The van der Waals surface area contributed by atoms with E-state index in [-0.39, 0.29) is 11.1 Å². The second-order valence-corrected chi connectivity index (χ2v) is 4.95. The van der Waals surface area contributed by atoms with Crippen LogP contribution in [0.1, 0.15) is 42.6 Å². The molecule has 1 N–H and O–H groups in total. The molecule has 1 aliphatic rings. The molecular weight excluding hydrogens is 302 g/mol. The highest BCUT2D eigenvalue weighted by Crippen LogP contribution is 2.22. The Hall–Kier alpha value is -3.29. The van der Waals surface area contributed by atoms with Crippen molar-refractivity contribution in [3.63, 3.8) is 0 Å². The maximum atomic E-state index is 12.1. The summed E-state index contributed by atoms with van der Waals surface area (Å²) < 4.78 is 0. The number of aromatic nitrogens is 2. The Labute approximate surface area is 129 Å². The van der Waals surface area contributed by atoms with Gasteiger partial charge in [-0.3, -0.25) is 14.4 Å². The van der Waals surface area contributed by atoms with E-state index >= 15 is 0 Å². The van der Waals surface area contributed by atoms with Crippen molar-refractivity contribution in [1.29, 1.82) is 0 Å². The Morgan fingerprint density at radius 1 is 1.09 bits per heavy atom. The third-order valence-corrected chi connectivity index (χ3v) is 3.46. The molecule has 0 atom stereocenters. The molecule has 3 rings (SSSR count). The molecule has 2 heterocycles. The Kier molecular flexibility index (Phi) is 3.29. The van der Waals surface area contributed by atoms with Crippen LogP contribution in [0.15, 0.2) is 29.1 Å². The molecule has 2 aromatic rings. The molecule has 0 aliphatic carbocycles. The van der Waals surface area contributed by atoms with Crippen LogP contribution in [0.4, 0.5) is 0 Å². The number of carbonyl (C=O) groups is 3. The number of amides is 2. The SMILES string of the molecule is Cc1nc(C(=O)ON2C(=O)c3ccccc3C2=O)c(=O)[nH]c1C. The van der Waals surface area contributed by atoms with Crippen molar-refractivity contribution in [1.82, 2.24) is 15.0 Å². The summed E-state index contributed by atoms with van der Waals surface area (Å²) in [6, 6.07) is 6.07. The van der Waals surface area contributed by atoms with Crippen molar-refractivity contribution < 1.29 is 19.2 Å². The molecule has 1 aromatic carbocycles. The molecule has 0 saturated carbocycles. The zero-order valence-electron chi connectivity index (χ0n) is 12.2. The predicted octanol–water partition coefficient (Wildman–Crippen LogP) is 0.755. The lowest BCUT2D eigenvalue weighted by molar-refractivity contribution is -0.0590. The lowest BCUT2D eigenvalue weighted by Crippen LogP contribution is -2.35. The van der Waals surface area contributed by atoms with Gasteiger partial charge in [-0.25, -0.2) is 9.78 Å². The maximum Gasteiger partial charge on any atom is 0.387 e. The van der Waals surface area contributed by atoms with Gasteiger partial charge in [-0.15, -0.1) is 0 Å². The van der Waals surface area contributed by atoms with Gasteiger partial charge in [0.05, 0.1) is 16.8 Å². The highest BCUT2D eigenvalue weighted by molar-refractivity contribution is 6.21. The first-order valence-electron chi connectivity index (χ1n) is 6.67. The molecule has 116 valence electrons. The number of fused-ring (bicyclic) bond motifs is 1. The van der Waals surface area contributed by atoms with Gasteiger partial charge < -0.3 is 9.82 Å². The first-order valence-corrected chi connectivity index (χ1v) is 6.67. The third kappa shape index (κ3) is 2.30. The number of nitrogens with one attached hydrogen (secondary N) is 1. The summed E-state index contributed by atoms with van der Waals surface area (Å²) in [4.78, 5) is 59.1. The molecule has 0 unspecified atom stereocenters. The van der Waals surface area contributed by atoms with E-state index in [0.717, 1.165) is 0 Å². The van der Waals surface area contributed by atoms with Crippen LogP contribution in [0.3, 0.4) is 0 Å². The first kappa shape index (κ1) is 14.6. The van der Waals surface area contributed by atoms with E-state index in [1.54, 1.807) is 26.0 Å². The number of nitrogens with zero attached hydrogens (tertiary/aromatic N) is 2. The molecule has 0 saturated heterocycles. The quantitative estimate of drug-likeness (QED) is 0.820. The smallest absolute Gasteiger partial charge is 0.323 e. The second kappa shape index (κ2) is 5.16. The Bertz CT molecular complexity index is 881. The van der Waals surface area contributed by atoms with Gasteiger partial charge in [0.25, 0.3) is 17.4 Å². The number of rotatable bonds is 2. The summed E-state index contributed by atoms with van der Waals surface area (Å²) in [6.45, 7) is 3.23. The number of aromatic amines is 1. The summed E-state index contributed by atoms with van der Waals surface area (Å²) in [6.07, 6.45) is 0. The minimum absolute atomic E-state index is 0.132. The number of aryl methyl sites for hydroxylation is 2. The van der Waals surface area contributed by atoms with E-state index in [1.807, 2.05) is 0 Å². The largest absolute Gasteiger partial charge is 0.387 e. The van der Waals surface area contributed by atoms with E-state index in [2.05, 4.69) is 9.97 Å². The lowest BCUT2D eigenvalue weighted by atomic mass is 10.1. The van der Waals surface area contributed by atoms with Crippen LogP contribution in [0, 0.1) is 13.8 Å². The molecule has 1 aromatic heterocycles. The number of hydrogen-bond acceptors (Lipinski definition) is 6. The first-order chi connectivity index (χ1) is 10.9. The summed E-state index contributed by atoms with van der Waals surface area (Å²) in [5.74, 6) is -2.71. The Balaban J connectivity index is 1.91. The molecule has 0 fully saturated rings. The highest BCUT2D eigenvalue weighted by atomic mass is 16.7. The molecule has 8 heteroatoms. The molecule has 2 amide bonds. The molecule has 8 nitrogen and oxygen atoms in total. The van der Waals surface area contributed by atoms with Crippen molar-refractivity contribution in [2.24, 2.45) is 0 Å². The van der Waals surface area contributed by atoms with Gasteiger partial charge in [0.15, 0.2) is 0 Å². The van der Waals surface area contributed by atoms with Crippen LogP contribution >= 0.6 is 0 Å². The predicted molar refractivity (Wildman–Crippen MR) is 76.7 cm³/mol. The normalized spacial score (nSPS) is 13.2. The van der Waals surface area contributed by atoms with E-state index in [1.165, 1.54) is 12.1 Å². The Morgan fingerprint density at radius 3 is 2.22 bits per heavy atom. The highest BCUT2D eigenvalue weighted by Gasteiger charge is 2.39. The molecule has 0 radical (unpaired) electrons. The lowest BCUT2D eigenvalue weighted by Gasteiger charge is -2.12. The van der Waals surface area contributed by atoms with Gasteiger partial charge in [-0.1, -0.05) is 17.2 Å². The van der Waals surface area contributed by atoms with Crippen molar-refractivity contribution >= 4 is 17.8 Å². The summed E-state index contributed by atoms with van der Waals surface area (Å²) in [5.41, 5.74) is -0.0786. The van der Waals surface area contributed by atoms with Gasteiger partial charge in [0.1, 0.15) is 0 Å². The second-order valence-electron chi connectivity index (χ2n) is 4.95. The fourth-order valence-electron chi connectivity index (χ4n) is 2.14. The topological polar surface area (TPSA) is 109 Å². The number of hydrogen-bond donors (Lipinski definition) is 1. The number of carbonyl (C=O) groups excluding carboxylic acids is 3. The van der Waals surface area contributed by atoms with Crippen LogP contribution in [-0.4, -0.2) is 32.8 Å². The van der Waals surface area contributed by atoms with Crippen molar-refractivity contribution in [3.05, 3.63) is 62.8 Å². The molecule has 1 aliphatic heterocycles. The van der Waals surface area contributed by atoms with Crippen LogP contribution in [0.25, 0.3) is 0 Å². The zero-order valence-corrected chi connectivity index (χ0v) is 12.2. The van der Waals surface area contributed by atoms with E-state index in [0.29, 0.717) is 16.5 Å². The van der Waals surface area contributed by atoms with Crippen LogP contribution in [0.2, 0.25) is 0 Å². The average Bonchev–Trinajstić information content (AvgIpc) is 2.76. The van der Waals surface area contributed by atoms with E-state index in [4.69, 9.17) is 4.84 Å². The molecule has 0 bridgehead atoms. The van der Waals surface area contributed by atoms with Gasteiger partial charge in [-0.2, -0.15) is 0 Å². The van der Waals surface area contributed by atoms with Gasteiger partial charge in [0, 0.05) is 5.69 Å². The minimum Gasteiger partial charge on any atom is -0.323 e. The fraction of sp³-hybridized carbons (Fsp3) is 0.133. The maximum absolute atomic E-state index is 12.1. The van der Waals surface area contributed by atoms with Crippen LogP contribution in [-0.2, 0) is 4.84 Å². The van der Waals surface area contributed by atoms with Gasteiger partial charge in [-0.05, 0) is 26.0 Å². The van der Waals surface area contributed by atoms with Gasteiger partial charge in [0.2, 0.25) is 5.69 Å². The van der Waals surface area contributed by atoms with Crippen molar-refractivity contribution in [2.75, 3.05) is 0 Å². The van der Waals surface area contributed by atoms with Crippen LogP contribution in [0.5, 0.6) is 0 Å². The summed E-state index contributed by atoms with van der Waals surface area (Å²) in [7, 11) is 0. The Morgan fingerprint density at radius 2 is 1.65 bits per heavy atom. The fourth-order valence-corrected chi connectivity index (χ4v) is 2.14. The number of hydroxylamine groups is 2. The number of H-pyrrole nitrogens is 1. The van der Waals surface area contributed by atoms with E-state index < -0.39 is 29.0 Å². The van der Waals surface area contributed by atoms with Crippen molar-refractivity contribution in [2.45, 2.75) is 13.8 Å². The number of benzene rings is 1. The molecule has 0 spiro atoms. The average molecular weight is 313 g/mol. The summed E-state index contributed by atoms with van der Waals surface area (Å²) in [5, 5.41) is 0.337. The summed E-state index contributed by atoms with van der Waals surface area (Å²) >= 11 is 0. The van der Waals surface area contributed by atoms with E-state index in [9.17, 15) is 19.2 Å². The van der Waals surface area contributed by atoms with Gasteiger partial charge >= 0.3 is 5.97 Å². The number of imide groups is 1. The standard InChI is InChI=1S/C15H11N3O5/c1-7-8(2)17-12(19)11(16-7)15(22)23-18-13(20)9-5-3-4-6-10(9)14(18)21/h3-6H,1-2H3,(H,17,19). The van der Waals surface area contributed by atoms with Crippen LogP contribution < -0.4 is 5.56 Å². The molecule has 23 heavy (non-hydrogen) atoms. The third-order valence-electron chi connectivity index (χ3n) is 3.46. The minimum atomic E-state index is -1.18.